The summed E-state index contributed by atoms with van der Waals surface area (Å²) in [6, 6.07) is 0. The van der Waals surface area contributed by atoms with Crippen LogP contribution < -0.4 is 0 Å². The molecule has 0 aromatic rings. The first kappa shape index (κ1) is 12.8. The van der Waals surface area contributed by atoms with Gasteiger partial charge in [-0.15, -0.1) is 0 Å². The van der Waals surface area contributed by atoms with Crippen molar-refractivity contribution >= 4 is 11.6 Å². The summed E-state index contributed by atoms with van der Waals surface area (Å²) < 4.78 is 0. The molecule has 0 aromatic heterocycles. The van der Waals surface area contributed by atoms with Crippen LogP contribution in [0.5, 0.6) is 0 Å². The minimum absolute atomic E-state index is 0.324. The maximum Gasteiger partial charge on any atom is 0.0184 e. The molecule has 0 unspecified atom stereocenters. The van der Waals surface area contributed by atoms with Gasteiger partial charge in [0.1, 0.15) is 0 Å². The average molecular weight is 201 g/mol. The lowest BCUT2D eigenvalue weighted by Gasteiger charge is -2.25. The Balaban J connectivity index is 4.66. The van der Waals surface area contributed by atoms with E-state index in [1.54, 1.807) is 0 Å². The fourth-order valence-corrected chi connectivity index (χ4v) is 1.40. The molecular formula is C12H21Cl. The van der Waals surface area contributed by atoms with Gasteiger partial charge in [-0.05, 0) is 31.3 Å². The summed E-state index contributed by atoms with van der Waals surface area (Å²) in [5.41, 5.74) is 2.63. The third kappa shape index (κ3) is 4.52. The summed E-state index contributed by atoms with van der Waals surface area (Å²) in [5, 5.41) is 0.883. The molecule has 0 N–H and O–H groups in total. The first-order valence-electron chi connectivity index (χ1n) is 4.81. The highest BCUT2D eigenvalue weighted by Crippen LogP contribution is 2.33. The number of halogens is 1. The predicted molar refractivity (Wildman–Crippen MR) is 62.1 cm³/mol. The van der Waals surface area contributed by atoms with Crippen LogP contribution in [0.25, 0.3) is 0 Å². The van der Waals surface area contributed by atoms with Crippen LogP contribution in [-0.2, 0) is 0 Å². The van der Waals surface area contributed by atoms with E-state index in [9.17, 15) is 0 Å². The normalized spacial score (nSPS) is 14.0. The van der Waals surface area contributed by atoms with E-state index in [4.69, 9.17) is 11.6 Å². The fraction of sp³-hybridized carbons (Fsp3) is 0.667. The van der Waals surface area contributed by atoms with E-state index in [-0.39, 0.29) is 0 Å². The van der Waals surface area contributed by atoms with Crippen LogP contribution in [-0.4, -0.2) is 0 Å². The maximum atomic E-state index is 6.02. The van der Waals surface area contributed by atoms with Crippen LogP contribution >= 0.6 is 11.6 Å². The fourth-order valence-electron chi connectivity index (χ4n) is 1.17. The zero-order valence-electron chi connectivity index (χ0n) is 9.50. The zero-order chi connectivity index (χ0) is 10.6. The van der Waals surface area contributed by atoms with Gasteiger partial charge in [0.05, 0.1) is 0 Å². The SMILES string of the molecule is C=C(C)C(CC(C)(C)CC)=C(C)Cl. The molecule has 0 saturated heterocycles. The second-order valence-corrected chi connectivity index (χ2v) is 5.05. The number of hydrogen-bond donors (Lipinski definition) is 0. The van der Waals surface area contributed by atoms with E-state index < -0.39 is 0 Å². The second-order valence-electron chi connectivity index (χ2n) is 4.49. The molecular weight excluding hydrogens is 180 g/mol. The number of rotatable bonds is 4. The van der Waals surface area contributed by atoms with Gasteiger partial charge in [0.25, 0.3) is 0 Å². The van der Waals surface area contributed by atoms with Gasteiger partial charge in [0.2, 0.25) is 0 Å². The zero-order valence-corrected chi connectivity index (χ0v) is 10.3. The van der Waals surface area contributed by atoms with Gasteiger partial charge < -0.3 is 0 Å². The highest BCUT2D eigenvalue weighted by molar-refractivity contribution is 6.29. The summed E-state index contributed by atoms with van der Waals surface area (Å²) in [4.78, 5) is 0. The molecule has 0 amide bonds. The third-order valence-electron chi connectivity index (χ3n) is 2.54. The van der Waals surface area contributed by atoms with E-state index >= 15 is 0 Å². The van der Waals surface area contributed by atoms with Crippen LogP contribution in [0.15, 0.2) is 22.8 Å². The Labute approximate surface area is 87.7 Å². The first-order chi connectivity index (χ1) is 5.80. The summed E-state index contributed by atoms with van der Waals surface area (Å²) in [6.45, 7) is 14.6. The molecule has 0 spiro atoms. The molecule has 0 atom stereocenters. The van der Waals surface area contributed by atoms with Gasteiger partial charge in [0.15, 0.2) is 0 Å². The summed E-state index contributed by atoms with van der Waals surface area (Å²) in [6.07, 6.45) is 2.18. The Morgan fingerprint density at radius 3 is 2.00 bits per heavy atom. The molecule has 0 radical (unpaired) electrons. The first-order valence-corrected chi connectivity index (χ1v) is 5.19. The van der Waals surface area contributed by atoms with Crippen molar-refractivity contribution in [3.63, 3.8) is 0 Å². The van der Waals surface area contributed by atoms with Crippen molar-refractivity contribution < 1.29 is 0 Å². The molecule has 0 bridgehead atoms. The number of allylic oxidation sites excluding steroid dienone is 3. The molecule has 0 aromatic carbocycles. The second kappa shape index (κ2) is 4.85. The molecule has 1 heteroatoms. The van der Waals surface area contributed by atoms with E-state index in [2.05, 4.69) is 27.4 Å². The Morgan fingerprint density at radius 1 is 1.31 bits per heavy atom. The summed E-state index contributed by atoms with van der Waals surface area (Å²) >= 11 is 6.02. The molecule has 0 rings (SSSR count). The molecule has 0 aliphatic carbocycles. The predicted octanol–water partition coefficient (Wildman–Crippen LogP) is 4.90. The summed E-state index contributed by atoms with van der Waals surface area (Å²) in [7, 11) is 0. The number of hydrogen-bond acceptors (Lipinski definition) is 0. The van der Waals surface area contributed by atoms with Crippen LogP contribution in [0.3, 0.4) is 0 Å². The Morgan fingerprint density at radius 2 is 1.77 bits per heavy atom. The minimum Gasteiger partial charge on any atom is -0.0958 e. The molecule has 0 aliphatic heterocycles. The van der Waals surface area contributed by atoms with Crippen molar-refractivity contribution in [2.24, 2.45) is 5.41 Å². The monoisotopic (exact) mass is 200 g/mol. The molecule has 0 saturated carbocycles. The van der Waals surface area contributed by atoms with E-state index in [0.29, 0.717) is 5.41 Å². The minimum atomic E-state index is 0.324. The Bertz CT molecular complexity index is 217. The topological polar surface area (TPSA) is 0 Å². The lowest BCUT2D eigenvalue weighted by atomic mass is 9.81. The summed E-state index contributed by atoms with van der Waals surface area (Å²) in [5.74, 6) is 0. The van der Waals surface area contributed by atoms with Gasteiger partial charge in [-0.3, -0.25) is 0 Å². The average Bonchev–Trinajstić information content (AvgIpc) is 1.99. The third-order valence-corrected chi connectivity index (χ3v) is 2.77. The van der Waals surface area contributed by atoms with Gasteiger partial charge in [0, 0.05) is 5.03 Å². The van der Waals surface area contributed by atoms with E-state index in [0.717, 1.165) is 23.4 Å². The van der Waals surface area contributed by atoms with Gasteiger partial charge in [-0.2, -0.15) is 0 Å². The molecule has 76 valence electrons. The molecule has 0 heterocycles. The largest absolute Gasteiger partial charge is 0.0958 e. The quantitative estimate of drug-likeness (QED) is 0.567. The standard InChI is InChI=1S/C12H21Cl/c1-7-12(5,6)8-11(9(2)3)10(4)13/h2,7-8H2,1,3-6H3. The van der Waals surface area contributed by atoms with Crippen LogP contribution in [0.4, 0.5) is 0 Å². The smallest absolute Gasteiger partial charge is 0.0184 e. The molecule has 0 nitrogen and oxygen atoms in total. The van der Waals surface area contributed by atoms with Crippen molar-refractivity contribution in [1.29, 1.82) is 0 Å². The van der Waals surface area contributed by atoms with Gasteiger partial charge in [-0.25, -0.2) is 0 Å². The lowest BCUT2D eigenvalue weighted by Crippen LogP contribution is -2.11. The maximum absolute atomic E-state index is 6.02. The highest BCUT2D eigenvalue weighted by atomic mass is 35.5. The Kier molecular flexibility index (Phi) is 4.77. The van der Waals surface area contributed by atoms with Gasteiger partial charge in [-0.1, -0.05) is 50.9 Å². The molecule has 0 aliphatic rings. The lowest BCUT2D eigenvalue weighted by molar-refractivity contribution is 0.349. The molecule has 0 fully saturated rings. The van der Waals surface area contributed by atoms with E-state index in [1.807, 2.05) is 13.8 Å². The van der Waals surface area contributed by atoms with Crippen molar-refractivity contribution in [2.75, 3.05) is 0 Å². The molecule has 13 heavy (non-hydrogen) atoms. The van der Waals surface area contributed by atoms with Crippen LogP contribution in [0.1, 0.15) is 47.5 Å². The van der Waals surface area contributed by atoms with Crippen molar-refractivity contribution in [1.82, 2.24) is 0 Å². The van der Waals surface area contributed by atoms with Crippen LogP contribution in [0.2, 0.25) is 0 Å². The van der Waals surface area contributed by atoms with E-state index in [1.165, 1.54) is 5.57 Å². The Hall–Kier alpha value is -0.230. The van der Waals surface area contributed by atoms with Gasteiger partial charge >= 0.3 is 0 Å². The van der Waals surface area contributed by atoms with Crippen LogP contribution in [0, 0.1) is 5.41 Å². The van der Waals surface area contributed by atoms with Crippen molar-refractivity contribution in [3.8, 4) is 0 Å². The van der Waals surface area contributed by atoms with Crippen molar-refractivity contribution in [2.45, 2.75) is 47.5 Å². The highest BCUT2D eigenvalue weighted by Gasteiger charge is 2.18. The van der Waals surface area contributed by atoms with Crippen molar-refractivity contribution in [3.05, 3.63) is 22.8 Å².